The molecule has 0 aliphatic carbocycles. The minimum Gasteiger partial charge on any atom is -0.344 e. The van der Waals surface area contributed by atoms with Crippen LogP contribution in [0.4, 0.5) is 13.2 Å². The third-order valence-electron chi connectivity index (χ3n) is 1.58. The average Bonchev–Trinajstić information content (AvgIpc) is 2.15. The van der Waals surface area contributed by atoms with Crippen LogP contribution in [0.2, 0.25) is 0 Å². The molecule has 3 N–H and O–H groups in total. The van der Waals surface area contributed by atoms with E-state index in [4.69, 9.17) is 0 Å². The number of halogens is 4. The Bertz CT molecular complexity index is 458. The first-order valence-electron chi connectivity index (χ1n) is 3.92. The first-order valence-corrected chi connectivity index (χ1v) is 6.41. The number of rotatable bonds is 3. The maximum atomic E-state index is 11.9. The zero-order valence-corrected chi connectivity index (χ0v) is 11.3. The molecule has 0 radical (unpaired) electrons. The van der Waals surface area contributed by atoms with Crippen molar-refractivity contribution in [2.45, 2.75) is 12.1 Å². The average molecular weight is 383 g/mol. The zero-order chi connectivity index (χ0) is 12.4. The minimum atomic E-state index is -5.51. The number of alkyl halides is 3. The molecule has 1 aromatic rings. The van der Waals surface area contributed by atoms with Crippen LogP contribution in [0.25, 0.3) is 0 Å². The highest BCUT2D eigenvalue weighted by Crippen LogP contribution is 2.25. The van der Waals surface area contributed by atoms with Gasteiger partial charge in [-0.25, -0.2) is 0 Å². The van der Waals surface area contributed by atoms with Gasteiger partial charge in [0.15, 0.2) is 0 Å². The summed E-state index contributed by atoms with van der Waals surface area (Å²) < 4.78 is 61.5. The Hall–Kier alpha value is -0.390. The van der Waals surface area contributed by atoms with Gasteiger partial charge in [-0.1, -0.05) is 12.1 Å². The lowest BCUT2D eigenvalue weighted by molar-refractivity contribution is -0.0547. The molecule has 0 atom stereocenters. The van der Waals surface area contributed by atoms with Gasteiger partial charge >= 0.3 is 15.6 Å². The third-order valence-corrected chi connectivity index (χ3v) is 3.29. The third kappa shape index (κ3) is 4.77. The molecule has 9 heteroatoms. The van der Waals surface area contributed by atoms with Crippen LogP contribution in [-0.4, -0.2) is 13.9 Å². The first-order chi connectivity index (χ1) is 7.22. The molecule has 0 saturated heterocycles. The number of hydrogen-bond donors (Lipinski definition) is 1. The monoisotopic (exact) mass is 383 g/mol. The van der Waals surface area contributed by atoms with Crippen molar-refractivity contribution in [3.8, 4) is 0 Å². The van der Waals surface area contributed by atoms with E-state index in [1.807, 2.05) is 22.6 Å². The van der Waals surface area contributed by atoms with E-state index in [1.165, 1.54) is 12.1 Å². The van der Waals surface area contributed by atoms with Gasteiger partial charge in [-0.05, 0) is 40.3 Å². The molecule has 0 saturated carbocycles. The smallest absolute Gasteiger partial charge is 0.344 e. The van der Waals surface area contributed by atoms with Crippen molar-refractivity contribution in [1.82, 2.24) is 6.15 Å². The van der Waals surface area contributed by atoms with Crippen LogP contribution in [-0.2, 0) is 20.9 Å². The molecule has 0 heterocycles. The molecular weight excluding hydrogens is 374 g/mol. The summed E-state index contributed by atoms with van der Waals surface area (Å²) in [5.41, 5.74) is -5.02. The lowest BCUT2D eigenvalue weighted by Crippen LogP contribution is -2.25. The van der Waals surface area contributed by atoms with E-state index in [9.17, 15) is 21.6 Å². The summed E-state index contributed by atoms with van der Waals surface area (Å²) in [5.74, 6) is 0. The van der Waals surface area contributed by atoms with E-state index < -0.39 is 22.2 Å². The van der Waals surface area contributed by atoms with Gasteiger partial charge in [0.25, 0.3) is 0 Å². The van der Waals surface area contributed by atoms with Gasteiger partial charge in [0.05, 0.1) is 6.61 Å². The van der Waals surface area contributed by atoms with Crippen LogP contribution < -0.4 is 6.15 Å². The van der Waals surface area contributed by atoms with Crippen LogP contribution in [0.3, 0.4) is 0 Å². The highest BCUT2D eigenvalue weighted by molar-refractivity contribution is 14.1. The molecule has 4 nitrogen and oxygen atoms in total. The molecule has 98 valence electrons. The van der Waals surface area contributed by atoms with Gasteiger partial charge in [-0.3, -0.25) is 4.18 Å². The normalized spacial score (nSPS) is 12.0. The van der Waals surface area contributed by atoms with Crippen LogP contribution in [0.5, 0.6) is 0 Å². The van der Waals surface area contributed by atoms with Gasteiger partial charge in [-0.15, -0.1) is 0 Å². The van der Waals surface area contributed by atoms with Gasteiger partial charge in [0, 0.05) is 3.57 Å². The highest BCUT2D eigenvalue weighted by Gasteiger charge is 2.47. The molecule has 1 rings (SSSR count). The Kier molecular flexibility index (Phi) is 5.84. The number of hydrogen-bond acceptors (Lipinski definition) is 4. The predicted octanol–water partition coefficient (Wildman–Crippen LogP) is 2.82. The zero-order valence-electron chi connectivity index (χ0n) is 8.37. The summed E-state index contributed by atoms with van der Waals surface area (Å²) in [6, 6.07) is 6.26. The van der Waals surface area contributed by atoms with Crippen molar-refractivity contribution in [2.75, 3.05) is 0 Å². The summed E-state index contributed by atoms with van der Waals surface area (Å²) in [7, 11) is -5.51. The van der Waals surface area contributed by atoms with Crippen molar-refractivity contribution in [3.05, 3.63) is 33.4 Å². The first kappa shape index (κ1) is 16.6. The Morgan fingerprint density at radius 1 is 1.18 bits per heavy atom. The fraction of sp³-hybridized carbons (Fsp3) is 0.250. The van der Waals surface area contributed by atoms with Gasteiger partial charge in [0.2, 0.25) is 0 Å². The van der Waals surface area contributed by atoms with Crippen molar-refractivity contribution in [1.29, 1.82) is 0 Å². The predicted molar refractivity (Wildman–Crippen MR) is 63.9 cm³/mol. The maximum Gasteiger partial charge on any atom is 0.523 e. The molecule has 0 fully saturated rings. The second-order valence-corrected chi connectivity index (χ2v) is 5.64. The Balaban J connectivity index is 0.00000256. The molecule has 0 spiro atoms. The quantitative estimate of drug-likeness (QED) is 0.495. The van der Waals surface area contributed by atoms with Crippen molar-refractivity contribution in [2.24, 2.45) is 0 Å². The topological polar surface area (TPSA) is 78.4 Å². The van der Waals surface area contributed by atoms with E-state index in [2.05, 4.69) is 4.18 Å². The van der Waals surface area contributed by atoms with Gasteiger partial charge in [0.1, 0.15) is 0 Å². The van der Waals surface area contributed by atoms with E-state index in [0.717, 1.165) is 3.57 Å². The van der Waals surface area contributed by atoms with E-state index >= 15 is 0 Å². The van der Waals surface area contributed by atoms with Crippen LogP contribution in [0.1, 0.15) is 5.56 Å². The van der Waals surface area contributed by atoms with Crippen LogP contribution in [0.15, 0.2) is 24.3 Å². The standard InChI is InChI=1S/C8H6F3IO3S.H3N/c9-8(10,11)16(13,14)15-5-6-1-3-7(12)4-2-6;/h1-4H,5H2;1H3. The molecule has 0 amide bonds. The molecule has 0 aliphatic rings. The number of benzene rings is 1. The highest BCUT2D eigenvalue weighted by atomic mass is 127. The Morgan fingerprint density at radius 2 is 1.65 bits per heavy atom. The fourth-order valence-corrected chi connectivity index (χ4v) is 1.58. The van der Waals surface area contributed by atoms with E-state index in [-0.39, 0.29) is 6.15 Å². The molecule has 0 aliphatic heterocycles. The molecule has 0 bridgehead atoms. The Labute approximate surface area is 110 Å². The van der Waals surface area contributed by atoms with Crippen molar-refractivity contribution >= 4 is 32.7 Å². The lowest BCUT2D eigenvalue weighted by Gasteiger charge is -2.08. The largest absolute Gasteiger partial charge is 0.523 e. The summed E-state index contributed by atoms with van der Waals surface area (Å²) >= 11 is 2.01. The molecule has 0 aromatic heterocycles. The second kappa shape index (κ2) is 5.98. The Morgan fingerprint density at radius 3 is 2.06 bits per heavy atom. The lowest BCUT2D eigenvalue weighted by atomic mass is 10.2. The van der Waals surface area contributed by atoms with E-state index in [0.29, 0.717) is 5.56 Å². The van der Waals surface area contributed by atoms with E-state index in [1.54, 1.807) is 12.1 Å². The maximum absolute atomic E-state index is 11.9. The SMILES string of the molecule is N.O=S(=O)(OCc1ccc(I)cc1)C(F)(F)F. The van der Waals surface area contributed by atoms with Crippen LogP contribution in [0, 0.1) is 3.57 Å². The van der Waals surface area contributed by atoms with Gasteiger partial charge in [-0.2, -0.15) is 21.6 Å². The minimum absolute atomic E-state index is 0. The molecule has 0 unspecified atom stereocenters. The fourth-order valence-electron chi connectivity index (χ4n) is 0.793. The van der Waals surface area contributed by atoms with Gasteiger partial charge < -0.3 is 6.15 Å². The summed E-state index contributed by atoms with van der Waals surface area (Å²) in [5, 5.41) is 0. The summed E-state index contributed by atoms with van der Waals surface area (Å²) in [4.78, 5) is 0. The van der Waals surface area contributed by atoms with Crippen LogP contribution >= 0.6 is 22.6 Å². The molecule has 1 aromatic carbocycles. The summed E-state index contributed by atoms with van der Waals surface area (Å²) in [6.07, 6.45) is 0. The second-order valence-electron chi connectivity index (χ2n) is 2.79. The molecular formula is C8H9F3INO3S. The van der Waals surface area contributed by atoms with Crippen molar-refractivity contribution < 1.29 is 25.8 Å². The summed E-state index contributed by atoms with van der Waals surface area (Å²) in [6.45, 7) is -0.626. The molecule has 17 heavy (non-hydrogen) atoms. The van der Waals surface area contributed by atoms with Crippen molar-refractivity contribution in [3.63, 3.8) is 0 Å².